The molecule has 0 radical (unpaired) electrons. The molecule has 0 saturated carbocycles. The quantitative estimate of drug-likeness (QED) is 0.0699. The third-order valence-corrected chi connectivity index (χ3v) is 15.2. The fourth-order valence-corrected chi connectivity index (χ4v) is 11.9. The second-order valence-electron chi connectivity index (χ2n) is 14.1. The summed E-state index contributed by atoms with van der Waals surface area (Å²) >= 11 is 0. The van der Waals surface area contributed by atoms with Crippen molar-refractivity contribution < 1.29 is 24.6 Å². The summed E-state index contributed by atoms with van der Waals surface area (Å²) in [6.45, 7) is 5.54. The average molecular weight is 754 g/mol. The zero-order valence-electron chi connectivity index (χ0n) is 31.4. The van der Waals surface area contributed by atoms with E-state index in [0.29, 0.717) is 38.8 Å². The Morgan fingerprint density at radius 1 is 0.547 bits per heavy atom. The summed E-state index contributed by atoms with van der Waals surface area (Å²) in [6, 6.07) is 42.7. The first-order valence-corrected chi connectivity index (χ1v) is 22.3. The Hall–Kier alpha value is -3.85. The van der Waals surface area contributed by atoms with E-state index in [1.165, 1.54) is 21.2 Å². The van der Waals surface area contributed by atoms with Gasteiger partial charge < -0.3 is 15.1 Å². The van der Waals surface area contributed by atoms with E-state index in [9.17, 15) is 24.6 Å². The standard InChI is InChI=1S/C45H57NO5P2/c1-3-37(26-29-45(50)51)35-38(34-36(2)24-28-44(48)49)25-27-43(47)46(30-32-52(39-16-8-4-9-17-39)40-18-10-5-11-19-40)31-33-53(41-20-12-6-13-21-41)42-22-14-7-15-23-42/h4-23,36-38H,3,24-35H2,1-2H3,(H,48,49)(H,50,51). The highest BCUT2D eigenvalue weighted by Gasteiger charge is 2.25. The van der Waals surface area contributed by atoms with Crippen LogP contribution in [-0.4, -0.2) is 58.4 Å². The Balaban J connectivity index is 1.57. The average Bonchev–Trinajstić information content (AvgIpc) is 3.18. The summed E-state index contributed by atoms with van der Waals surface area (Å²) in [6.07, 6.45) is 6.96. The zero-order chi connectivity index (χ0) is 37.8. The van der Waals surface area contributed by atoms with Crippen LogP contribution in [0.25, 0.3) is 0 Å². The SMILES string of the molecule is CCC(CCC(=O)O)CC(CCC(=O)N(CCP(c1ccccc1)c1ccccc1)CCP(c1ccccc1)c1ccccc1)CC(C)CCC(=O)O. The van der Waals surface area contributed by atoms with Crippen LogP contribution in [0.2, 0.25) is 0 Å². The Morgan fingerprint density at radius 2 is 0.925 bits per heavy atom. The van der Waals surface area contributed by atoms with Gasteiger partial charge >= 0.3 is 11.9 Å². The predicted octanol–water partition coefficient (Wildman–Crippen LogP) is 8.65. The van der Waals surface area contributed by atoms with Crippen LogP contribution in [0.4, 0.5) is 0 Å². The molecule has 0 aromatic heterocycles. The van der Waals surface area contributed by atoms with Crippen molar-refractivity contribution in [3.05, 3.63) is 121 Å². The van der Waals surface area contributed by atoms with Crippen LogP contribution in [-0.2, 0) is 14.4 Å². The number of hydrogen-bond acceptors (Lipinski definition) is 3. The largest absolute Gasteiger partial charge is 0.481 e. The van der Waals surface area contributed by atoms with E-state index >= 15 is 0 Å². The highest BCUT2D eigenvalue weighted by molar-refractivity contribution is 7.73. The smallest absolute Gasteiger partial charge is 0.303 e. The number of rotatable bonds is 24. The summed E-state index contributed by atoms with van der Waals surface area (Å²) < 4.78 is 0. The first-order valence-electron chi connectivity index (χ1n) is 19.2. The van der Waals surface area contributed by atoms with Crippen molar-refractivity contribution in [1.29, 1.82) is 0 Å². The Morgan fingerprint density at radius 3 is 1.30 bits per heavy atom. The second-order valence-corrected chi connectivity index (χ2v) is 18.8. The van der Waals surface area contributed by atoms with Gasteiger partial charge in [-0.25, -0.2) is 0 Å². The van der Waals surface area contributed by atoms with Gasteiger partial charge in [0.1, 0.15) is 0 Å². The molecule has 0 spiro atoms. The van der Waals surface area contributed by atoms with Gasteiger partial charge in [-0.05, 0) is 99.2 Å². The van der Waals surface area contributed by atoms with Crippen molar-refractivity contribution in [3.8, 4) is 0 Å². The highest BCUT2D eigenvalue weighted by Crippen LogP contribution is 2.36. The first kappa shape index (κ1) is 41.9. The molecule has 0 fully saturated rings. The molecule has 0 aliphatic rings. The van der Waals surface area contributed by atoms with E-state index in [1.54, 1.807) is 0 Å². The van der Waals surface area contributed by atoms with E-state index in [-0.39, 0.29) is 36.5 Å². The minimum atomic E-state index is -0.788. The molecular formula is C45H57NO5P2. The van der Waals surface area contributed by atoms with Crippen LogP contribution >= 0.6 is 15.8 Å². The lowest BCUT2D eigenvalue weighted by Gasteiger charge is -2.30. The molecule has 0 aliphatic heterocycles. The minimum Gasteiger partial charge on any atom is -0.481 e. The van der Waals surface area contributed by atoms with Gasteiger partial charge in [0, 0.05) is 32.4 Å². The maximum absolute atomic E-state index is 14.5. The Bertz CT molecular complexity index is 1480. The molecule has 4 aromatic rings. The van der Waals surface area contributed by atoms with E-state index < -0.39 is 27.8 Å². The summed E-state index contributed by atoms with van der Waals surface area (Å²) in [7, 11) is -1.35. The maximum atomic E-state index is 14.5. The van der Waals surface area contributed by atoms with Crippen molar-refractivity contribution in [2.75, 3.05) is 25.4 Å². The number of carbonyl (C=O) groups excluding carboxylic acids is 1. The molecule has 8 heteroatoms. The van der Waals surface area contributed by atoms with Gasteiger partial charge in [-0.1, -0.05) is 142 Å². The third kappa shape index (κ3) is 14.8. The second kappa shape index (κ2) is 23.0. The lowest BCUT2D eigenvalue weighted by Crippen LogP contribution is -2.37. The van der Waals surface area contributed by atoms with Gasteiger partial charge in [-0.3, -0.25) is 14.4 Å². The van der Waals surface area contributed by atoms with E-state index in [2.05, 4.69) is 140 Å². The normalized spacial score (nSPS) is 13.1. The number of carboxylic acid groups (broad SMARTS) is 2. The molecule has 3 unspecified atom stereocenters. The number of aliphatic carboxylic acids is 2. The lowest BCUT2D eigenvalue weighted by molar-refractivity contribution is -0.138. The number of benzene rings is 4. The maximum Gasteiger partial charge on any atom is 0.303 e. The van der Waals surface area contributed by atoms with E-state index in [0.717, 1.165) is 31.6 Å². The Kier molecular flexibility index (Phi) is 18.2. The molecule has 0 aliphatic carbocycles. The third-order valence-electron chi connectivity index (χ3n) is 10.2. The van der Waals surface area contributed by atoms with Crippen LogP contribution in [0.3, 0.4) is 0 Å². The summed E-state index contributed by atoms with van der Waals surface area (Å²) in [4.78, 5) is 39.3. The van der Waals surface area contributed by atoms with Crippen molar-refractivity contribution in [2.45, 2.75) is 71.6 Å². The number of carboxylic acids is 2. The molecule has 0 heterocycles. The van der Waals surface area contributed by atoms with Crippen LogP contribution in [0, 0.1) is 17.8 Å². The summed E-state index contributed by atoms with van der Waals surface area (Å²) in [5.41, 5.74) is 0. The van der Waals surface area contributed by atoms with Gasteiger partial charge in [0.15, 0.2) is 0 Å². The molecule has 282 valence electrons. The molecule has 3 atom stereocenters. The molecule has 4 rings (SSSR count). The van der Waals surface area contributed by atoms with E-state index in [1.807, 2.05) is 0 Å². The number of carbonyl (C=O) groups is 3. The van der Waals surface area contributed by atoms with Gasteiger partial charge in [0.2, 0.25) is 5.91 Å². The number of nitrogens with zero attached hydrogens (tertiary/aromatic N) is 1. The predicted molar refractivity (Wildman–Crippen MR) is 223 cm³/mol. The lowest BCUT2D eigenvalue weighted by atomic mass is 9.81. The summed E-state index contributed by atoms with van der Waals surface area (Å²) in [5.74, 6) is -0.713. The molecule has 4 aromatic carbocycles. The fourth-order valence-electron chi connectivity index (χ4n) is 7.21. The minimum absolute atomic E-state index is 0.133. The van der Waals surface area contributed by atoms with Crippen molar-refractivity contribution >= 4 is 54.9 Å². The first-order chi connectivity index (χ1) is 25.7. The van der Waals surface area contributed by atoms with Crippen LogP contribution in [0.15, 0.2) is 121 Å². The molecule has 1 amide bonds. The van der Waals surface area contributed by atoms with Crippen molar-refractivity contribution in [2.24, 2.45) is 17.8 Å². The zero-order valence-corrected chi connectivity index (χ0v) is 33.2. The molecule has 0 saturated heterocycles. The fraction of sp³-hybridized carbons (Fsp3) is 0.400. The molecule has 6 nitrogen and oxygen atoms in total. The van der Waals surface area contributed by atoms with Gasteiger partial charge in [-0.2, -0.15) is 0 Å². The van der Waals surface area contributed by atoms with Crippen LogP contribution in [0.5, 0.6) is 0 Å². The number of hydrogen-bond donors (Lipinski definition) is 2. The Labute approximate surface area is 319 Å². The molecule has 2 N–H and O–H groups in total. The topological polar surface area (TPSA) is 94.9 Å². The van der Waals surface area contributed by atoms with Crippen LogP contribution in [0.1, 0.15) is 71.6 Å². The van der Waals surface area contributed by atoms with Crippen molar-refractivity contribution in [3.63, 3.8) is 0 Å². The van der Waals surface area contributed by atoms with Gasteiger partial charge in [-0.15, -0.1) is 0 Å². The van der Waals surface area contributed by atoms with Crippen LogP contribution < -0.4 is 21.2 Å². The summed E-state index contributed by atoms with van der Waals surface area (Å²) in [5, 5.41) is 23.9. The highest BCUT2D eigenvalue weighted by atomic mass is 31.1. The molecule has 53 heavy (non-hydrogen) atoms. The van der Waals surface area contributed by atoms with Crippen molar-refractivity contribution in [1.82, 2.24) is 4.90 Å². The molecular weight excluding hydrogens is 696 g/mol. The monoisotopic (exact) mass is 753 g/mol. The van der Waals surface area contributed by atoms with Gasteiger partial charge in [0.05, 0.1) is 0 Å². The molecule has 0 bridgehead atoms. The van der Waals surface area contributed by atoms with Gasteiger partial charge in [0.25, 0.3) is 0 Å². The van der Waals surface area contributed by atoms with E-state index in [4.69, 9.17) is 0 Å². The number of amides is 1.